The van der Waals surface area contributed by atoms with Crippen LogP contribution in [0.2, 0.25) is 0 Å². The third-order valence-corrected chi connectivity index (χ3v) is 4.03. The molecular formula is C17H18ClNO. The van der Waals surface area contributed by atoms with Crippen LogP contribution in [0.15, 0.2) is 60.7 Å². The molecular weight excluding hydrogens is 270 g/mol. The van der Waals surface area contributed by atoms with Crippen molar-refractivity contribution < 1.29 is 4.74 Å². The maximum absolute atomic E-state index is 5.92. The molecule has 1 fully saturated rings. The molecule has 0 spiro atoms. The molecule has 1 atom stereocenters. The van der Waals surface area contributed by atoms with Gasteiger partial charge in [0.25, 0.3) is 0 Å². The molecule has 2 aromatic rings. The number of nitrogens with zero attached hydrogens (tertiary/aromatic N) is 1. The predicted molar refractivity (Wildman–Crippen MR) is 81.9 cm³/mol. The number of ether oxygens (including phenoxy) is 1. The number of hydrogen-bond donors (Lipinski definition) is 0. The molecule has 0 N–H and O–H groups in total. The Morgan fingerprint density at radius 3 is 2.00 bits per heavy atom. The maximum Gasteiger partial charge on any atom is 0.100 e. The third-order valence-electron chi connectivity index (χ3n) is 3.68. The van der Waals surface area contributed by atoms with E-state index in [9.17, 15) is 0 Å². The molecule has 3 heteroatoms. The summed E-state index contributed by atoms with van der Waals surface area (Å²) in [5, 5.41) is 0. The van der Waals surface area contributed by atoms with E-state index in [2.05, 4.69) is 53.4 Å². The average molecular weight is 288 g/mol. The highest BCUT2D eigenvalue weighted by molar-refractivity contribution is 6.18. The summed E-state index contributed by atoms with van der Waals surface area (Å²) in [7, 11) is 0. The van der Waals surface area contributed by atoms with E-state index in [1.165, 1.54) is 11.1 Å². The minimum absolute atomic E-state index is 0.131. The fourth-order valence-electron chi connectivity index (χ4n) is 2.73. The van der Waals surface area contributed by atoms with Gasteiger partial charge in [0.2, 0.25) is 0 Å². The van der Waals surface area contributed by atoms with Crippen molar-refractivity contribution in [2.75, 3.05) is 19.2 Å². The zero-order valence-electron chi connectivity index (χ0n) is 11.3. The largest absolute Gasteiger partial charge is 0.360 e. The van der Waals surface area contributed by atoms with E-state index in [0.717, 1.165) is 6.54 Å². The summed E-state index contributed by atoms with van der Waals surface area (Å²) in [5.41, 5.74) is 2.58. The standard InChI is InChI=1S/C17H18ClNO/c18-11-16-12-19(13-20-16)17(14-7-3-1-4-8-14)15-9-5-2-6-10-15/h1-10,16-17H,11-13H2. The van der Waals surface area contributed by atoms with Gasteiger partial charge in [0.05, 0.1) is 12.1 Å². The summed E-state index contributed by atoms with van der Waals surface area (Å²) in [4.78, 5) is 2.34. The van der Waals surface area contributed by atoms with Crippen molar-refractivity contribution in [3.63, 3.8) is 0 Å². The molecule has 1 aliphatic heterocycles. The monoisotopic (exact) mass is 287 g/mol. The fourth-order valence-corrected chi connectivity index (χ4v) is 2.91. The zero-order valence-corrected chi connectivity index (χ0v) is 12.0. The maximum atomic E-state index is 5.92. The summed E-state index contributed by atoms with van der Waals surface area (Å²) in [6.45, 7) is 1.50. The Balaban J connectivity index is 1.93. The topological polar surface area (TPSA) is 12.5 Å². The van der Waals surface area contributed by atoms with E-state index in [-0.39, 0.29) is 12.1 Å². The summed E-state index contributed by atoms with van der Waals surface area (Å²) < 4.78 is 5.73. The van der Waals surface area contributed by atoms with Crippen molar-refractivity contribution in [3.8, 4) is 0 Å². The van der Waals surface area contributed by atoms with Gasteiger partial charge in [-0.25, -0.2) is 0 Å². The average Bonchev–Trinajstić information content (AvgIpc) is 2.98. The van der Waals surface area contributed by atoms with E-state index < -0.39 is 0 Å². The van der Waals surface area contributed by atoms with Gasteiger partial charge in [-0.15, -0.1) is 11.6 Å². The van der Waals surface area contributed by atoms with Crippen LogP contribution in [0.3, 0.4) is 0 Å². The molecule has 3 rings (SSSR count). The lowest BCUT2D eigenvalue weighted by Crippen LogP contribution is -2.28. The molecule has 0 amide bonds. The molecule has 20 heavy (non-hydrogen) atoms. The van der Waals surface area contributed by atoms with E-state index in [4.69, 9.17) is 16.3 Å². The van der Waals surface area contributed by atoms with Crippen LogP contribution in [-0.4, -0.2) is 30.2 Å². The first kappa shape index (κ1) is 13.6. The molecule has 0 bridgehead atoms. The Morgan fingerprint density at radius 2 is 1.55 bits per heavy atom. The van der Waals surface area contributed by atoms with Crippen LogP contribution in [0.1, 0.15) is 17.2 Å². The molecule has 2 nitrogen and oxygen atoms in total. The van der Waals surface area contributed by atoms with E-state index in [0.29, 0.717) is 12.6 Å². The SMILES string of the molecule is ClCC1CN(C(c2ccccc2)c2ccccc2)CO1. The summed E-state index contributed by atoms with van der Waals surface area (Å²) in [6.07, 6.45) is 0.131. The Hall–Kier alpha value is -1.35. The predicted octanol–water partition coefficient (Wildman–Crippen LogP) is 3.67. The highest BCUT2D eigenvalue weighted by Gasteiger charge is 2.30. The fraction of sp³-hybridized carbons (Fsp3) is 0.294. The highest BCUT2D eigenvalue weighted by Crippen LogP contribution is 2.31. The number of alkyl halides is 1. The van der Waals surface area contributed by atoms with Gasteiger partial charge in [-0.3, -0.25) is 4.90 Å². The highest BCUT2D eigenvalue weighted by atomic mass is 35.5. The molecule has 0 aromatic heterocycles. The molecule has 104 valence electrons. The summed E-state index contributed by atoms with van der Waals surface area (Å²) in [6, 6.07) is 21.4. The van der Waals surface area contributed by atoms with Crippen LogP contribution in [0.25, 0.3) is 0 Å². The Kier molecular flexibility index (Phi) is 4.36. The molecule has 0 saturated carbocycles. The van der Waals surface area contributed by atoms with Crippen LogP contribution in [0, 0.1) is 0 Å². The van der Waals surface area contributed by atoms with Crippen LogP contribution in [-0.2, 0) is 4.74 Å². The second-order valence-electron chi connectivity index (χ2n) is 5.07. The van der Waals surface area contributed by atoms with Gasteiger partial charge in [-0.05, 0) is 11.1 Å². The lowest BCUT2D eigenvalue weighted by atomic mass is 9.97. The lowest BCUT2D eigenvalue weighted by molar-refractivity contribution is 0.0917. The molecule has 1 unspecified atom stereocenters. The minimum Gasteiger partial charge on any atom is -0.360 e. The van der Waals surface area contributed by atoms with Gasteiger partial charge in [0.15, 0.2) is 0 Å². The van der Waals surface area contributed by atoms with Crippen molar-refractivity contribution in [2.45, 2.75) is 12.1 Å². The molecule has 1 aliphatic rings. The Bertz CT molecular complexity index is 492. The first-order chi connectivity index (χ1) is 9.88. The van der Waals surface area contributed by atoms with Crippen LogP contribution < -0.4 is 0 Å². The van der Waals surface area contributed by atoms with Gasteiger partial charge in [-0.1, -0.05) is 60.7 Å². The van der Waals surface area contributed by atoms with Gasteiger partial charge >= 0.3 is 0 Å². The van der Waals surface area contributed by atoms with Crippen LogP contribution in [0.4, 0.5) is 0 Å². The first-order valence-corrected chi connectivity index (χ1v) is 7.43. The van der Waals surface area contributed by atoms with Crippen molar-refractivity contribution in [2.24, 2.45) is 0 Å². The third kappa shape index (κ3) is 2.88. The smallest absolute Gasteiger partial charge is 0.100 e. The Morgan fingerprint density at radius 1 is 1.00 bits per heavy atom. The quantitative estimate of drug-likeness (QED) is 0.796. The Labute approximate surface area is 124 Å². The minimum atomic E-state index is 0.131. The number of rotatable bonds is 4. The second kappa shape index (κ2) is 6.40. The van der Waals surface area contributed by atoms with Gasteiger partial charge in [0, 0.05) is 12.4 Å². The molecule has 2 aromatic carbocycles. The van der Waals surface area contributed by atoms with Crippen molar-refractivity contribution >= 4 is 11.6 Å². The number of hydrogen-bond acceptors (Lipinski definition) is 2. The van der Waals surface area contributed by atoms with E-state index in [1.54, 1.807) is 0 Å². The summed E-state index contributed by atoms with van der Waals surface area (Å²) in [5.74, 6) is 0.548. The van der Waals surface area contributed by atoms with E-state index in [1.807, 2.05) is 12.1 Å². The summed E-state index contributed by atoms with van der Waals surface area (Å²) >= 11 is 5.92. The van der Waals surface area contributed by atoms with Crippen LogP contribution >= 0.6 is 11.6 Å². The van der Waals surface area contributed by atoms with Crippen LogP contribution in [0.5, 0.6) is 0 Å². The molecule has 0 aliphatic carbocycles. The first-order valence-electron chi connectivity index (χ1n) is 6.90. The van der Waals surface area contributed by atoms with Gasteiger partial charge < -0.3 is 4.74 Å². The second-order valence-corrected chi connectivity index (χ2v) is 5.38. The van der Waals surface area contributed by atoms with E-state index >= 15 is 0 Å². The zero-order chi connectivity index (χ0) is 13.8. The normalized spacial score (nSPS) is 19.6. The van der Waals surface area contributed by atoms with Crippen molar-refractivity contribution in [1.29, 1.82) is 0 Å². The van der Waals surface area contributed by atoms with Gasteiger partial charge in [0.1, 0.15) is 6.73 Å². The lowest BCUT2D eigenvalue weighted by Gasteiger charge is -2.27. The number of benzene rings is 2. The molecule has 1 heterocycles. The van der Waals surface area contributed by atoms with Crippen molar-refractivity contribution in [1.82, 2.24) is 4.90 Å². The van der Waals surface area contributed by atoms with Crippen molar-refractivity contribution in [3.05, 3.63) is 71.8 Å². The van der Waals surface area contributed by atoms with Gasteiger partial charge in [-0.2, -0.15) is 0 Å². The molecule has 1 saturated heterocycles. The molecule has 0 radical (unpaired) electrons. The number of halogens is 1.